The molecule has 0 aliphatic heterocycles. The summed E-state index contributed by atoms with van der Waals surface area (Å²) < 4.78 is 26.6. The summed E-state index contributed by atoms with van der Waals surface area (Å²) in [5, 5.41) is 5.38. The van der Waals surface area contributed by atoms with Gasteiger partial charge in [0.05, 0.1) is 0 Å². The zero-order valence-corrected chi connectivity index (χ0v) is 10.1. The number of anilines is 2. The van der Waals surface area contributed by atoms with Crippen LogP contribution in [0.25, 0.3) is 0 Å². The van der Waals surface area contributed by atoms with Crippen molar-refractivity contribution in [1.82, 2.24) is 4.98 Å². The Morgan fingerprint density at radius 2 is 1.94 bits per heavy atom. The molecule has 100 valence electrons. The van der Waals surface area contributed by atoms with Crippen molar-refractivity contribution < 1.29 is 13.6 Å². The fourth-order valence-corrected chi connectivity index (χ4v) is 1.35. The lowest BCUT2D eigenvalue weighted by molar-refractivity contribution is -0.118. The Kier molecular flexibility index (Phi) is 5.29. The minimum absolute atomic E-state index is 0.00342. The average Bonchev–Trinajstić information content (AvgIpc) is 2.29. The second-order valence-electron chi connectivity index (χ2n) is 3.68. The van der Waals surface area contributed by atoms with Crippen molar-refractivity contribution in [3.05, 3.63) is 17.7 Å². The monoisotopic (exact) mass is 258 g/mol. The Morgan fingerprint density at radius 3 is 2.50 bits per heavy atom. The molecule has 0 aromatic carbocycles. The standard InChI is InChI=1S/C11H16F2N4O/c1-2-15-10-7(12)6-8(13)11(17-10)16-5-3-4-9(14)18/h6H,2-5H2,1H3,(H2,14,18)(H2,15,16,17). The first-order chi connectivity index (χ1) is 8.54. The van der Waals surface area contributed by atoms with Gasteiger partial charge in [-0.1, -0.05) is 0 Å². The van der Waals surface area contributed by atoms with Crippen LogP contribution in [-0.2, 0) is 4.79 Å². The topological polar surface area (TPSA) is 80.0 Å². The molecule has 0 aliphatic carbocycles. The summed E-state index contributed by atoms with van der Waals surface area (Å²) in [5.41, 5.74) is 4.97. The van der Waals surface area contributed by atoms with Gasteiger partial charge in [-0.2, -0.15) is 0 Å². The van der Waals surface area contributed by atoms with E-state index in [1.807, 2.05) is 0 Å². The number of nitrogens with zero attached hydrogens (tertiary/aromatic N) is 1. The van der Waals surface area contributed by atoms with Gasteiger partial charge < -0.3 is 16.4 Å². The predicted molar refractivity (Wildman–Crippen MR) is 65.2 cm³/mol. The Morgan fingerprint density at radius 1 is 1.33 bits per heavy atom. The number of amides is 1. The molecule has 0 spiro atoms. The third-order valence-electron chi connectivity index (χ3n) is 2.17. The van der Waals surface area contributed by atoms with Crippen LogP contribution in [0.15, 0.2) is 6.07 Å². The molecule has 5 nitrogen and oxygen atoms in total. The Bertz CT molecular complexity index is 426. The van der Waals surface area contributed by atoms with Gasteiger partial charge in [-0.25, -0.2) is 13.8 Å². The fraction of sp³-hybridized carbons (Fsp3) is 0.455. The molecule has 1 amide bonds. The van der Waals surface area contributed by atoms with E-state index >= 15 is 0 Å². The lowest BCUT2D eigenvalue weighted by Crippen LogP contribution is -2.14. The zero-order chi connectivity index (χ0) is 13.5. The van der Waals surface area contributed by atoms with Gasteiger partial charge in [0.1, 0.15) is 0 Å². The van der Waals surface area contributed by atoms with E-state index in [0.717, 1.165) is 6.07 Å². The molecule has 7 heteroatoms. The number of nitrogens with two attached hydrogens (primary N) is 1. The molecule has 0 fully saturated rings. The maximum absolute atomic E-state index is 13.4. The number of aromatic nitrogens is 1. The van der Waals surface area contributed by atoms with Crippen LogP contribution in [0.2, 0.25) is 0 Å². The second kappa shape index (κ2) is 6.73. The minimum atomic E-state index is -0.770. The summed E-state index contributed by atoms with van der Waals surface area (Å²) in [7, 11) is 0. The molecule has 0 bridgehead atoms. The van der Waals surface area contributed by atoms with Gasteiger partial charge in [-0.05, 0) is 13.3 Å². The normalized spacial score (nSPS) is 10.2. The molecule has 18 heavy (non-hydrogen) atoms. The highest BCUT2D eigenvalue weighted by Crippen LogP contribution is 2.18. The van der Waals surface area contributed by atoms with Crippen molar-refractivity contribution in [3.8, 4) is 0 Å². The quantitative estimate of drug-likeness (QED) is 0.647. The molecule has 0 aliphatic rings. The van der Waals surface area contributed by atoms with E-state index < -0.39 is 17.5 Å². The van der Waals surface area contributed by atoms with Crippen molar-refractivity contribution in [3.63, 3.8) is 0 Å². The zero-order valence-electron chi connectivity index (χ0n) is 10.1. The molecule has 4 N–H and O–H groups in total. The average molecular weight is 258 g/mol. The SMILES string of the molecule is CCNc1nc(NCCCC(N)=O)c(F)cc1F. The van der Waals surface area contributed by atoms with E-state index in [2.05, 4.69) is 15.6 Å². The number of carbonyl (C=O) groups is 1. The lowest BCUT2D eigenvalue weighted by Gasteiger charge is -2.09. The summed E-state index contributed by atoms with van der Waals surface area (Å²) in [6.07, 6.45) is 0.667. The third kappa shape index (κ3) is 4.15. The van der Waals surface area contributed by atoms with E-state index in [1.54, 1.807) is 6.92 Å². The van der Waals surface area contributed by atoms with Gasteiger partial charge in [0, 0.05) is 25.6 Å². The number of nitrogens with one attached hydrogen (secondary N) is 2. The number of carbonyl (C=O) groups excluding carboxylic acids is 1. The molecule has 0 saturated heterocycles. The van der Waals surface area contributed by atoms with Crippen LogP contribution in [0, 0.1) is 11.6 Å². The van der Waals surface area contributed by atoms with Crippen molar-refractivity contribution >= 4 is 17.5 Å². The highest BCUT2D eigenvalue weighted by atomic mass is 19.1. The highest BCUT2D eigenvalue weighted by molar-refractivity contribution is 5.73. The smallest absolute Gasteiger partial charge is 0.217 e. The van der Waals surface area contributed by atoms with Crippen molar-refractivity contribution in [2.24, 2.45) is 5.73 Å². The molecule has 1 heterocycles. The molecule has 1 aromatic rings. The number of rotatable bonds is 7. The van der Waals surface area contributed by atoms with Gasteiger partial charge in [0.25, 0.3) is 0 Å². The van der Waals surface area contributed by atoms with Crippen LogP contribution < -0.4 is 16.4 Å². The minimum Gasteiger partial charge on any atom is -0.370 e. The Balaban J connectivity index is 2.64. The lowest BCUT2D eigenvalue weighted by atomic mass is 10.3. The van der Waals surface area contributed by atoms with Crippen LogP contribution in [0.1, 0.15) is 19.8 Å². The maximum atomic E-state index is 13.4. The maximum Gasteiger partial charge on any atom is 0.217 e. The third-order valence-corrected chi connectivity index (χ3v) is 2.17. The summed E-state index contributed by atoms with van der Waals surface area (Å²) in [5.74, 6) is -1.98. The second-order valence-corrected chi connectivity index (χ2v) is 3.68. The molecule has 0 saturated carbocycles. The summed E-state index contributed by atoms with van der Waals surface area (Å²) in [4.78, 5) is 14.3. The summed E-state index contributed by atoms with van der Waals surface area (Å²) in [6.45, 7) is 2.60. The van der Waals surface area contributed by atoms with Crippen molar-refractivity contribution in [1.29, 1.82) is 0 Å². The largest absolute Gasteiger partial charge is 0.370 e. The molecule has 1 rings (SSSR count). The van der Waals surface area contributed by atoms with Crippen molar-refractivity contribution in [2.75, 3.05) is 23.7 Å². The Labute approximate surface area is 104 Å². The molecular weight excluding hydrogens is 242 g/mol. The first-order valence-corrected chi connectivity index (χ1v) is 5.66. The van der Waals surface area contributed by atoms with E-state index in [4.69, 9.17) is 5.73 Å². The number of hydrogen-bond acceptors (Lipinski definition) is 4. The summed E-state index contributed by atoms with van der Waals surface area (Å²) >= 11 is 0. The number of halogens is 2. The van der Waals surface area contributed by atoms with E-state index in [1.165, 1.54) is 0 Å². The number of primary amides is 1. The molecule has 0 unspecified atom stereocenters. The van der Waals surface area contributed by atoms with Crippen LogP contribution in [-0.4, -0.2) is 24.0 Å². The first-order valence-electron chi connectivity index (χ1n) is 5.66. The van der Waals surface area contributed by atoms with Gasteiger partial charge >= 0.3 is 0 Å². The van der Waals surface area contributed by atoms with E-state index in [0.29, 0.717) is 19.5 Å². The van der Waals surface area contributed by atoms with Gasteiger partial charge in [0.15, 0.2) is 23.3 Å². The van der Waals surface area contributed by atoms with Gasteiger partial charge in [-0.3, -0.25) is 4.79 Å². The van der Waals surface area contributed by atoms with Crippen molar-refractivity contribution in [2.45, 2.75) is 19.8 Å². The highest BCUT2D eigenvalue weighted by Gasteiger charge is 2.10. The molecule has 0 radical (unpaired) electrons. The predicted octanol–water partition coefficient (Wildman–Crippen LogP) is 1.47. The van der Waals surface area contributed by atoms with Gasteiger partial charge in [0.2, 0.25) is 5.91 Å². The molecule has 1 aromatic heterocycles. The van der Waals surface area contributed by atoms with Crippen LogP contribution >= 0.6 is 0 Å². The number of pyridine rings is 1. The van der Waals surface area contributed by atoms with Crippen LogP contribution in [0.4, 0.5) is 20.4 Å². The summed E-state index contributed by atoms with van der Waals surface area (Å²) in [6, 6.07) is 0.765. The fourth-order valence-electron chi connectivity index (χ4n) is 1.35. The molecule has 0 atom stereocenters. The van der Waals surface area contributed by atoms with Crippen LogP contribution in [0.5, 0.6) is 0 Å². The van der Waals surface area contributed by atoms with Gasteiger partial charge in [-0.15, -0.1) is 0 Å². The molecular formula is C11H16F2N4O. The number of hydrogen-bond donors (Lipinski definition) is 3. The van der Waals surface area contributed by atoms with Crippen LogP contribution in [0.3, 0.4) is 0 Å². The van der Waals surface area contributed by atoms with E-state index in [-0.39, 0.29) is 18.1 Å². The van der Waals surface area contributed by atoms with E-state index in [9.17, 15) is 13.6 Å². The first kappa shape index (κ1) is 14.1. The Hall–Kier alpha value is -1.92.